The number of nitrogens with two attached hydrogens (primary N) is 1. The quantitative estimate of drug-likeness (QED) is 0.484. The van der Waals surface area contributed by atoms with Gasteiger partial charge in [-0.15, -0.1) is 0 Å². The summed E-state index contributed by atoms with van der Waals surface area (Å²) in [5.74, 6) is -0.975. The lowest BCUT2D eigenvalue weighted by molar-refractivity contribution is -0.0981. The summed E-state index contributed by atoms with van der Waals surface area (Å²) < 4.78 is 15.2. The Labute approximate surface area is 130 Å². The Morgan fingerprint density at radius 1 is 1.32 bits per heavy atom. The molecular formula is C13H9BClFN4O2. The molecule has 0 saturated heterocycles. The number of aliphatic hydroxyl groups is 2. The summed E-state index contributed by atoms with van der Waals surface area (Å²) in [4.78, 5) is 7.88. The van der Waals surface area contributed by atoms with Gasteiger partial charge in [0.25, 0.3) is 0 Å². The molecule has 0 atom stereocenters. The van der Waals surface area contributed by atoms with Crippen LogP contribution in [0, 0.1) is 5.82 Å². The van der Waals surface area contributed by atoms with E-state index >= 15 is 0 Å². The van der Waals surface area contributed by atoms with Crippen molar-refractivity contribution in [3.8, 4) is 11.3 Å². The molecule has 1 aromatic carbocycles. The van der Waals surface area contributed by atoms with Gasteiger partial charge in [0.05, 0.1) is 6.20 Å². The predicted molar refractivity (Wildman–Crippen MR) is 79.7 cm³/mol. The largest absolute Gasteiger partial charge is 0.382 e. The van der Waals surface area contributed by atoms with E-state index in [9.17, 15) is 14.6 Å². The highest BCUT2D eigenvalue weighted by Crippen LogP contribution is 2.33. The van der Waals surface area contributed by atoms with Gasteiger partial charge < -0.3 is 15.9 Å². The fourth-order valence-electron chi connectivity index (χ4n) is 2.19. The van der Waals surface area contributed by atoms with Crippen LogP contribution in [-0.4, -0.2) is 32.4 Å². The van der Waals surface area contributed by atoms with Crippen LogP contribution in [0.2, 0.25) is 5.15 Å². The zero-order valence-corrected chi connectivity index (χ0v) is 11.8. The zero-order valence-electron chi connectivity index (χ0n) is 11.0. The minimum absolute atomic E-state index is 0.00721. The van der Waals surface area contributed by atoms with Crippen molar-refractivity contribution in [2.24, 2.45) is 0 Å². The summed E-state index contributed by atoms with van der Waals surface area (Å²) in [7, 11) is 5.29. The molecular weight excluding hydrogens is 309 g/mol. The third-order valence-corrected chi connectivity index (χ3v) is 3.37. The Balaban J connectivity index is 2.47. The Bertz CT molecular complexity index is 878. The van der Waals surface area contributed by atoms with Crippen LogP contribution in [0.4, 0.5) is 10.2 Å². The predicted octanol–water partition coefficient (Wildman–Crippen LogP) is 1.03. The molecule has 0 fully saturated rings. The van der Waals surface area contributed by atoms with E-state index in [1.807, 2.05) is 0 Å². The van der Waals surface area contributed by atoms with Crippen molar-refractivity contribution in [3.05, 3.63) is 47.3 Å². The number of nitrogen functional groups attached to an aromatic ring is 1. The molecule has 0 aliphatic heterocycles. The molecule has 0 saturated carbocycles. The SMILES string of the molecule is [B]C(O)(O)c1nc(-c2ccccc2F)c2c(N)ncc(Cl)n12. The average molecular weight is 319 g/mol. The number of benzene rings is 1. The highest BCUT2D eigenvalue weighted by Gasteiger charge is 2.29. The molecule has 0 amide bonds. The fourth-order valence-corrected chi connectivity index (χ4v) is 2.41. The van der Waals surface area contributed by atoms with Crippen LogP contribution in [0.1, 0.15) is 5.82 Å². The molecule has 110 valence electrons. The Kier molecular flexibility index (Phi) is 3.32. The maximum Gasteiger partial charge on any atom is 0.171 e. The van der Waals surface area contributed by atoms with Crippen LogP contribution in [0.25, 0.3) is 16.8 Å². The van der Waals surface area contributed by atoms with Crippen molar-refractivity contribution in [2.45, 2.75) is 5.69 Å². The molecule has 2 heterocycles. The van der Waals surface area contributed by atoms with Crippen LogP contribution in [0.5, 0.6) is 0 Å². The van der Waals surface area contributed by atoms with Gasteiger partial charge in [0.1, 0.15) is 28.0 Å². The summed E-state index contributed by atoms with van der Waals surface area (Å²) in [5, 5.41) is 19.3. The number of hydrogen-bond acceptors (Lipinski definition) is 5. The van der Waals surface area contributed by atoms with Gasteiger partial charge in [-0.2, -0.15) is 0 Å². The molecule has 0 aliphatic carbocycles. The summed E-state index contributed by atoms with van der Waals surface area (Å²) in [6.07, 6.45) is 1.20. The molecule has 6 nitrogen and oxygen atoms in total. The Morgan fingerprint density at radius 2 is 2.00 bits per heavy atom. The van der Waals surface area contributed by atoms with Crippen LogP contribution in [-0.2, 0) is 5.69 Å². The first-order valence-corrected chi connectivity index (χ1v) is 6.50. The lowest BCUT2D eigenvalue weighted by atomic mass is 9.94. The van der Waals surface area contributed by atoms with Crippen LogP contribution >= 0.6 is 11.6 Å². The first kappa shape index (κ1) is 14.8. The lowest BCUT2D eigenvalue weighted by Gasteiger charge is -2.15. The smallest absolute Gasteiger partial charge is 0.171 e. The third-order valence-electron chi connectivity index (χ3n) is 3.10. The molecule has 3 rings (SSSR count). The molecule has 9 heteroatoms. The second-order valence-corrected chi connectivity index (χ2v) is 5.03. The van der Waals surface area contributed by atoms with Crippen molar-refractivity contribution in [1.82, 2.24) is 14.4 Å². The molecule has 22 heavy (non-hydrogen) atoms. The van der Waals surface area contributed by atoms with E-state index < -0.39 is 17.3 Å². The fraction of sp³-hybridized carbons (Fsp3) is 0.0769. The number of aromatic nitrogens is 3. The molecule has 3 aromatic rings. The third kappa shape index (κ3) is 2.21. The van der Waals surface area contributed by atoms with Gasteiger partial charge in [-0.1, -0.05) is 23.7 Å². The topological polar surface area (TPSA) is 96.7 Å². The van der Waals surface area contributed by atoms with Crippen molar-refractivity contribution in [3.63, 3.8) is 0 Å². The van der Waals surface area contributed by atoms with Crippen molar-refractivity contribution in [2.75, 3.05) is 5.73 Å². The van der Waals surface area contributed by atoms with E-state index in [0.717, 1.165) is 4.40 Å². The van der Waals surface area contributed by atoms with Gasteiger partial charge in [-0.05, 0) is 12.1 Å². The first-order valence-electron chi connectivity index (χ1n) is 6.12. The Morgan fingerprint density at radius 3 is 2.64 bits per heavy atom. The second kappa shape index (κ2) is 4.94. The van der Waals surface area contributed by atoms with E-state index in [2.05, 4.69) is 9.97 Å². The monoisotopic (exact) mass is 318 g/mol. The lowest BCUT2D eigenvalue weighted by Crippen LogP contribution is -2.28. The molecule has 2 aromatic heterocycles. The highest BCUT2D eigenvalue weighted by molar-refractivity contribution is 6.30. The number of hydrogen-bond donors (Lipinski definition) is 3. The number of anilines is 1. The number of rotatable bonds is 2. The van der Waals surface area contributed by atoms with E-state index in [-0.39, 0.29) is 27.7 Å². The second-order valence-electron chi connectivity index (χ2n) is 4.64. The van der Waals surface area contributed by atoms with Gasteiger partial charge in [0.15, 0.2) is 19.4 Å². The van der Waals surface area contributed by atoms with Crippen molar-refractivity contribution in [1.29, 1.82) is 0 Å². The number of halogens is 2. The van der Waals surface area contributed by atoms with E-state index in [4.69, 9.17) is 25.2 Å². The van der Waals surface area contributed by atoms with Gasteiger partial charge in [0.2, 0.25) is 0 Å². The van der Waals surface area contributed by atoms with Gasteiger partial charge >= 0.3 is 0 Å². The van der Waals surface area contributed by atoms with Crippen molar-refractivity contribution >= 4 is 30.8 Å². The standard InChI is InChI=1S/C13H9BClFN4O2/c14-13(21,22)12-19-9(6-3-1-2-4-7(6)16)10-11(17)18-5-8(15)20(10)12/h1-5,21-22H,(H2,17,18). The molecule has 0 bridgehead atoms. The Hall–Kier alpha value is -2.16. The van der Waals surface area contributed by atoms with E-state index in [1.54, 1.807) is 6.07 Å². The molecule has 0 aliphatic rings. The molecule has 0 spiro atoms. The van der Waals surface area contributed by atoms with E-state index in [0.29, 0.717) is 0 Å². The van der Waals surface area contributed by atoms with Crippen molar-refractivity contribution < 1.29 is 14.6 Å². The molecule has 4 N–H and O–H groups in total. The number of imidazole rings is 1. The first-order chi connectivity index (χ1) is 10.3. The molecule has 2 radical (unpaired) electrons. The van der Waals surface area contributed by atoms with Gasteiger partial charge in [0, 0.05) is 5.56 Å². The summed E-state index contributed by atoms with van der Waals surface area (Å²) in [6, 6.07) is 5.82. The van der Waals surface area contributed by atoms with Crippen LogP contribution in [0.15, 0.2) is 30.5 Å². The van der Waals surface area contributed by atoms with Crippen LogP contribution < -0.4 is 5.73 Å². The number of nitrogens with zero attached hydrogens (tertiary/aromatic N) is 3. The van der Waals surface area contributed by atoms with Gasteiger partial charge in [-0.25, -0.2) is 14.4 Å². The minimum Gasteiger partial charge on any atom is -0.382 e. The van der Waals surface area contributed by atoms with Crippen LogP contribution in [0.3, 0.4) is 0 Å². The maximum absolute atomic E-state index is 14.0. The normalized spacial score (nSPS) is 12.0. The maximum atomic E-state index is 14.0. The molecule has 0 unspecified atom stereocenters. The van der Waals surface area contributed by atoms with E-state index in [1.165, 1.54) is 24.4 Å². The summed E-state index contributed by atoms with van der Waals surface area (Å²) in [5.41, 5.74) is 3.31. The average Bonchev–Trinajstić information content (AvgIpc) is 2.85. The van der Waals surface area contributed by atoms with Gasteiger partial charge in [-0.3, -0.25) is 4.40 Å². The summed E-state index contributed by atoms with van der Waals surface area (Å²) in [6.45, 7) is 0. The minimum atomic E-state index is -2.79. The highest BCUT2D eigenvalue weighted by atomic mass is 35.5. The number of fused-ring (bicyclic) bond motifs is 1. The summed E-state index contributed by atoms with van der Waals surface area (Å²) >= 11 is 6.01. The zero-order chi connectivity index (χ0) is 16.1.